The average molecular weight is 308 g/mol. The molecule has 3 nitrogen and oxygen atoms in total. The van der Waals surface area contributed by atoms with Crippen LogP contribution in [0.2, 0.25) is 0 Å². The molecule has 0 N–H and O–H groups in total. The molecule has 0 amide bonds. The van der Waals surface area contributed by atoms with Crippen molar-refractivity contribution in [2.45, 2.75) is 72.6 Å². The Morgan fingerprint density at radius 3 is 2.55 bits per heavy atom. The summed E-state index contributed by atoms with van der Waals surface area (Å²) in [6.45, 7) is 8.62. The maximum absolute atomic E-state index is 12.6. The normalized spacial score (nSPS) is 30.5. The molecule has 0 aliphatic carbocycles. The van der Waals surface area contributed by atoms with Gasteiger partial charge in [-0.3, -0.25) is 9.59 Å². The first kappa shape index (κ1) is 18.9. The smallest absolute Gasteiger partial charge is 0.305 e. The van der Waals surface area contributed by atoms with E-state index >= 15 is 0 Å². The van der Waals surface area contributed by atoms with Crippen LogP contribution in [-0.4, -0.2) is 18.4 Å². The van der Waals surface area contributed by atoms with E-state index in [0.29, 0.717) is 25.4 Å². The van der Waals surface area contributed by atoms with Gasteiger partial charge in [0.15, 0.2) is 0 Å². The van der Waals surface area contributed by atoms with Gasteiger partial charge in [0.2, 0.25) is 0 Å². The van der Waals surface area contributed by atoms with Gasteiger partial charge in [-0.2, -0.15) is 0 Å². The fourth-order valence-electron chi connectivity index (χ4n) is 3.17. The first-order valence-corrected chi connectivity index (χ1v) is 8.68. The van der Waals surface area contributed by atoms with Crippen LogP contribution in [0.5, 0.6) is 0 Å². The first-order chi connectivity index (χ1) is 10.3. The Labute approximate surface area is 135 Å². The molecule has 0 saturated carbocycles. The number of carbonyl (C=O) groups excluding carboxylic acids is 2. The summed E-state index contributed by atoms with van der Waals surface area (Å²) in [5.74, 6) is 0.715. The van der Waals surface area contributed by atoms with E-state index in [-0.39, 0.29) is 17.7 Å². The molecule has 0 fully saturated rings. The fourth-order valence-corrected chi connectivity index (χ4v) is 3.17. The summed E-state index contributed by atoms with van der Waals surface area (Å²) < 4.78 is 5.21. The Morgan fingerprint density at radius 2 is 1.82 bits per heavy atom. The second-order valence-corrected chi connectivity index (χ2v) is 7.40. The van der Waals surface area contributed by atoms with E-state index in [1.54, 1.807) is 0 Å². The second kappa shape index (κ2) is 9.12. The van der Waals surface area contributed by atoms with Crippen LogP contribution < -0.4 is 0 Å². The third kappa shape index (κ3) is 6.76. The maximum Gasteiger partial charge on any atom is 0.305 e. The largest absolute Gasteiger partial charge is 0.465 e. The van der Waals surface area contributed by atoms with Crippen LogP contribution >= 0.6 is 0 Å². The lowest BCUT2D eigenvalue weighted by atomic mass is 9.75. The molecule has 1 heterocycles. The molecule has 0 bridgehead atoms. The van der Waals surface area contributed by atoms with Crippen molar-refractivity contribution < 1.29 is 14.3 Å². The summed E-state index contributed by atoms with van der Waals surface area (Å²) in [6, 6.07) is 0. The van der Waals surface area contributed by atoms with Crippen molar-refractivity contribution >= 4 is 11.8 Å². The molecule has 2 atom stereocenters. The van der Waals surface area contributed by atoms with Crippen molar-refractivity contribution in [3.63, 3.8) is 0 Å². The van der Waals surface area contributed by atoms with Gasteiger partial charge in [-0.15, -0.1) is 0 Å². The number of hydrogen-bond acceptors (Lipinski definition) is 3. The van der Waals surface area contributed by atoms with Gasteiger partial charge >= 0.3 is 5.97 Å². The summed E-state index contributed by atoms with van der Waals surface area (Å²) >= 11 is 0. The molecule has 0 unspecified atom stereocenters. The summed E-state index contributed by atoms with van der Waals surface area (Å²) in [5.41, 5.74) is -0.449. The lowest BCUT2D eigenvalue weighted by Gasteiger charge is -2.27. The minimum Gasteiger partial charge on any atom is -0.465 e. The maximum atomic E-state index is 12.6. The Hall–Kier alpha value is -1.12. The van der Waals surface area contributed by atoms with E-state index in [2.05, 4.69) is 19.1 Å². The molecular weight excluding hydrogens is 276 g/mol. The predicted octanol–water partition coefficient (Wildman–Crippen LogP) is 4.70. The molecular formula is C19H32O3. The highest BCUT2D eigenvalue weighted by atomic mass is 16.5. The Morgan fingerprint density at radius 1 is 1.14 bits per heavy atom. The molecule has 0 saturated heterocycles. The first-order valence-electron chi connectivity index (χ1n) is 8.68. The second-order valence-electron chi connectivity index (χ2n) is 7.40. The molecule has 0 aromatic heterocycles. The van der Waals surface area contributed by atoms with Crippen molar-refractivity contribution in [1.29, 1.82) is 0 Å². The van der Waals surface area contributed by atoms with E-state index < -0.39 is 5.41 Å². The summed E-state index contributed by atoms with van der Waals surface area (Å²) in [5, 5.41) is 0. The van der Waals surface area contributed by atoms with Crippen molar-refractivity contribution in [2.24, 2.45) is 17.3 Å². The highest BCUT2D eigenvalue weighted by molar-refractivity contribution is 5.86. The number of carbonyl (C=O) groups is 2. The van der Waals surface area contributed by atoms with Gasteiger partial charge in [0.25, 0.3) is 0 Å². The number of Topliss-reactive ketones (excluding diaryl/α,β-unsaturated/α-hetero) is 1. The standard InChI is InChI=1S/C19H32O3/c1-15-10-8-6-5-7-9-13-22-17(20)11-12-19(3,4)18(21)16(2)14-15/h5,7,15-16H,6,8-14H2,1-4H3/b7-5-/t15-,16+/m0/s1. The summed E-state index contributed by atoms with van der Waals surface area (Å²) in [4.78, 5) is 24.4. The van der Waals surface area contributed by atoms with Crippen LogP contribution in [0.25, 0.3) is 0 Å². The zero-order chi connectivity index (χ0) is 16.6. The van der Waals surface area contributed by atoms with Gasteiger partial charge in [0.05, 0.1) is 6.61 Å². The van der Waals surface area contributed by atoms with Crippen LogP contribution in [0.15, 0.2) is 12.2 Å². The molecule has 0 aromatic rings. The Balaban J connectivity index is 2.70. The fraction of sp³-hybridized carbons (Fsp3) is 0.789. The predicted molar refractivity (Wildman–Crippen MR) is 89.5 cm³/mol. The Kier molecular flexibility index (Phi) is 7.84. The summed E-state index contributed by atoms with van der Waals surface area (Å²) in [7, 11) is 0. The number of allylic oxidation sites excluding steroid dienone is 1. The number of rotatable bonds is 0. The number of hydrogen-bond donors (Lipinski definition) is 0. The number of ketones is 1. The SMILES string of the molecule is C[C@H]1CCC/C=C\CCOC(=O)CCC(C)(C)C(=O)[C@H](C)C1. The molecule has 0 spiro atoms. The molecule has 126 valence electrons. The third-order valence-electron chi connectivity index (χ3n) is 4.61. The molecule has 22 heavy (non-hydrogen) atoms. The van der Waals surface area contributed by atoms with E-state index in [4.69, 9.17) is 4.74 Å². The monoisotopic (exact) mass is 308 g/mol. The lowest BCUT2D eigenvalue weighted by molar-refractivity contribution is -0.144. The molecule has 1 rings (SSSR count). The van der Waals surface area contributed by atoms with E-state index in [1.807, 2.05) is 20.8 Å². The van der Waals surface area contributed by atoms with Gasteiger partial charge in [-0.1, -0.05) is 46.3 Å². The Bertz CT molecular complexity index is 395. The average Bonchev–Trinajstić information content (AvgIpc) is 2.46. The molecule has 1 aliphatic rings. The van der Waals surface area contributed by atoms with Crippen LogP contribution in [0.3, 0.4) is 0 Å². The van der Waals surface area contributed by atoms with Crippen LogP contribution in [0.1, 0.15) is 72.6 Å². The van der Waals surface area contributed by atoms with E-state index in [1.165, 1.54) is 0 Å². The zero-order valence-corrected chi connectivity index (χ0v) is 14.7. The summed E-state index contributed by atoms with van der Waals surface area (Å²) in [6.07, 6.45) is 10.3. The molecule has 1 aliphatic heterocycles. The van der Waals surface area contributed by atoms with Gasteiger partial charge < -0.3 is 4.74 Å². The lowest BCUT2D eigenvalue weighted by Crippen LogP contribution is -2.31. The quantitative estimate of drug-likeness (QED) is 0.481. The van der Waals surface area contributed by atoms with Crippen molar-refractivity contribution in [3.05, 3.63) is 12.2 Å². The highest BCUT2D eigenvalue weighted by Gasteiger charge is 2.32. The molecule has 3 heteroatoms. The highest BCUT2D eigenvalue weighted by Crippen LogP contribution is 2.30. The van der Waals surface area contributed by atoms with E-state index in [0.717, 1.165) is 32.1 Å². The van der Waals surface area contributed by atoms with Gasteiger partial charge in [0, 0.05) is 17.8 Å². The molecule has 0 aromatic carbocycles. The van der Waals surface area contributed by atoms with Gasteiger partial charge in [-0.05, 0) is 38.0 Å². The number of cyclic esters (lactones) is 1. The molecule has 0 radical (unpaired) electrons. The minimum atomic E-state index is -0.449. The van der Waals surface area contributed by atoms with Crippen LogP contribution in [0, 0.1) is 17.3 Å². The van der Waals surface area contributed by atoms with Crippen LogP contribution in [0.4, 0.5) is 0 Å². The van der Waals surface area contributed by atoms with Crippen molar-refractivity contribution in [2.75, 3.05) is 6.61 Å². The van der Waals surface area contributed by atoms with Crippen molar-refractivity contribution in [3.8, 4) is 0 Å². The minimum absolute atomic E-state index is 0.0597. The zero-order valence-electron chi connectivity index (χ0n) is 14.7. The van der Waals surface area contributed by atoms with Crippen LogP contribution in [-0.2, 0) is 14.3 Å². The van der Waals surface area contributed by atoms with Gasteiger partial charge in [0.1, 0.15) is 5.78 Å². The number of esters is 1. The third-order valence-corrected chi connectivity index (χ3v) is 4.61. The van der Waals surface area contributed by atoms with Gasteiger partial charge in [-0.25, -0.2) is 0 Å². The van der Waals surface area contributed by atoms with E-state index in [9.17, 15) is 9.59 Å². The topological polar surface area (TPSA) is 43.4 Å². The number of ether oxygens (including phenoxy) is 1. The van der Waals surface area contributed by atoms with Crippen molar-refractivity contribution in [1.82, 2.24) is 0 Å².